The molecule has 0 aliphatic rings. The van der Waals surface area contributed by atoms with Crippen LogP contribution >= 0.6 is 0 Å². The van der Waals surface area contributed by atoms with Gasteiger partial charge in [-0.15, -0.1) is 0 Å². The lowest BCUT2D eigenvalue weighted by Crippen LogP contribution is -2.57. The topological polar surface area (TPSA) is 103 Å². The molecular weight excluding hydrogens is 231 g/mol. The minimum absolute atomic E-state index is 0.0777. The fraction of sp³-hybridized carbons (Fsp3) is 0.400. The number of aliphatic hydroxyl groups excluding tert-OH is 3. The Balaban J connectivity index is 2.81. The third-order valence-electron chi connectivity index (χ3n) is 2.25. The van der Waals surface area contributed by atoms with E-state index in [0.29, 0.717) is 0 Å². The highest BCUT2D eigenvalue weighted by Crippen LogP contribution is 2.05. The zero-order chi connectivity index (χ0) is 12.9. The minimum atomic E-state index is -1.52. The van der Waals surface area contributed by atoms with Crippen molar-refractivity contribution in [3.8, 4) is 0 Å². The number of halogens is 1. The van der Waals surface area contributed by atoms with E-state index in [-0.39, 0.29) is 5.69 Å². The zero-order valence-electron chi connectivity index (χ0n) is 8.93. The van der Waals surface area contributed by atoms with Gasteiger partial charge in [0, 0.05) is 0 Å². The second-order valence-electron chi connectivity index (χ2n) is 3.57. The Labute approximate surface area is 96.7 Å². The molecule has 0 saturated heterocycles. The van der Waals surface area contributed by atoms with Gasteiger partial charge in [0.2, 0.25) is 0 Å². The molecule has 0 atom stereocenters. The van der Waals surface area contributed by atoms with E-state index in [4.69, 9.17) is 15.3 Å². The van der Waals surface area contributed by atoms with Crippen LogP contribution in [-0.2, 0) is 0 Å². The summed E-state index contributed by atoms with van der Waals surface area (Å²) in [4.78, 5) is 15.2. The lowest BCUT2D eigenvalue weighted by Gasteiger charge is -2.28. The smallest absolute Gasteiger partial charge is 0.270 e. The average Bonchev–Trinajstić information content (AvgIpc) is 2.37. The fourth-order valence-electron chi connectivity index (χ4n) is 1.08. The molecule has 6 nitrogen and oxygen atoms in total. The molecular formula is C10H13FN2O4. The third-order valence-corrected chi connectivity index (χ3v) is 2.25. The highest BCUT2D eigenvalue weighted by Gasteiger charge is 2.30. The molecule has 0 aromatic carbocycles. The molecule has 0 aliphatic carbocycles. The zero-order valence-corrected chi connectivity index (χ0v) is 8.93. The molecule has 1 aromatic heterocycles. The van der Waals surface area contributed by atoms with Crippen LogP contribution in [0.15, 0.2) is 18.3 Å². The number of pyridine rings is 1. The monoisotopic (exact) mass is 244 g/mol. The van der Waals surface area contributed by atoms with Crippen LogP contribution < -0.4 is 5.32 Å². The van der Waals surface area contributed by atoms with Crippen LogP contribution in [0.4, 0.5) is 4.39 Å². The van der Waals surface area contributed by atoms with Crippen LogP contribution in [0.1, 0.15) is 10.5 Å². The van der Waals surface area contributed by atoms with Gasteiger partial charge in [0.25, 0.3) is 5.91 Å². The summed E-state index contributed by atoms with van der Waals surface area (Å²) in [5.74, 6) is -1.30. The first kappa shape index (κ1) is 13.5. The van der Waals surface area contributed by atoms with Crippen LogP contribution in [-0.4, -0.2) is 51.6 Å². The summed E-state index contributed by atoms with van der Waals surface area (Å²) in [6, 6.07) is 2.21. The van der Waals surface area contributed by atoms with Gasteiger partial charge in [-0.3, -0.25) is 4.79 Å². The Bertz CT molecular complexity index is 370. The van der Waals surface area contributed by atoms with Crippen molar-refractivity contribution in [2.24, 2.45) is 0 Å². The average molecular weight is 244 g/mol. The molecule has 0 unspecified atom stereocenters. The number of aliphatic hydroxyl groups is 3. The Hall–Kier alpha value is -1.57. The van der Waals surface area contributed by atoms with Crippen molar-refractivity contribution in [3.63, 3.8) is 0 Å². The van der Waals surface area contributed by atoms with E-state index >= 15 is 0 Å². The molecule has 7 heteroatoms. The molecule has 94 valence electrons. The highest BCUT2D eigenvalue weighted by molar-refractivity contribution is 5.92. The molecule has 0 bridgehead atoms. The Kier molecular flexibility index (Phi) is 4.50. The van der Waals surface area contributed by atoms with Crippen LogP contribution in [0.3, 0.4) is 0 Å². The Morgan fingerprint density at radius 3 is 2.29 bits per heavy atom. The van der Waals surface area contributed by atoms with Gasteiger partial charge in [-0.2, -0.15) is 0 Å². The van der Waals surface area contributed by atoms with Crippen molar-refractivity contribution >= 4 is 5.91 Å². The standard InChI is InChI=1S/C10H13FN2O4/c11-7-1-2-8(12-3-7)9(17)13-10(4-14,5-15)6-16/h1-3,14-16H,4-6H2,(H,13,17). The predicted octanol–water partition coefficient (Wildman–Crippen LogP) is -1.33. The van der Waals surface area contributed by atoms with E-state index in [0.717, 1.165) is 18.3 Å². The lowest BCUT2D eigenvalue weighted by molar-refractivity contribution is 0.0373. The number of amides is 1. The summed E-state index contributed by atoms with van der Waals surface area (Å²) in [5, 5.41) is 29.2. The number of carbonyl (C=O) groups is 1. The van der Waals surface area contributed by atoms with Gasteiger partial charge < -0.3 is 20.6 Å². The number of hydrogen-bond donors (Lipinski definition) is 4. The number of nitrogens with zero attached hydrogens (tertiary/aromatic N) is 1. The summed E-state index contributed by atoms with van der Waals surface area (Å²) in [6.45, 7) is -1.90. The molecule has 1 rings (SSSR count). The quantitative estimate of drug-likeness (QED) is 0.513. The summed E-state index contributed by atoms with van der Waals surface area (Å²) in [5.41, 5.74) is -1.60. The maximum absolute atomic E-state index is 12.6. The molecule has 0 saturated carbocycles. The van der Waals surface area contributed by atoms with Crippen molar-refractivity contribution in [1.82, 2.24) is 10.3 Å². The number of nitrogens with one attached hydrogen (secondary N) is 1. The van der Waals surface area contributed by atoms with E-state index in [1.165, 1.54) is 0 Å². The molecule has 1 aromatic rings. The summed E-state index contributed by atoms with van der Waals surface area (Å²) < 4.78 is 12.6. The van der Waals surface area contributed by atoms with Crippen LogP contribution in [0.5, 0.6) is 0 Å². The third kappa shape index (κ3) is 3.19. The van der Waals surface area contributed by atoms with Crippen molar-refractivity contribution in [3.05, 3.63) is 29.8 Å². The van der Waals surface area contributed by atoms with E-state index in [2.05, 4.69) is 10.3 Å². The molecule has 1 heterocycles. The fourth-order valence-corrected chi connectivity index (χ4v) is 1.08. The Morgan fingerprint density at radius 1 is 1.29 bits per heavy atom. The number of hydrogen-bond acceptors (Lipinski definition) is 5. The molecule has 17 heavy (non-hydrogen) atoms. The molecule has 0 fully saturated rings. The molecule has 4 N–H and O–H groups in total. The number of aromatic nitrogens is 1. The van der Waals surface area contributed by atoms with E-state index in [1.54, 1.807) is 0 Å². The number of carbonyl (C=O) groups excluding carboxylic acids is 1. The lowest BCUT2D eigenvalue weighted by atomic mass is 10.0. The maximum Gasteiger partial charge on any atom is 0.270 e. The van der Waals surface area contributed by atoms with Crippen molar-refractivity contribution < 1.29 is 24.5 Å². The van der Waals surface area contributed by atoms with Gasteiger partial charge in [0.1, 0.15) is 17.1 Å². The van der Waals surface area contributed by atoms with Gasteiger partial charge in [-0.1, -0.05) is 0 Å². The number of rotatable bonds is 5. The molecule has 0 radical (unpaired) electrons. The van der Waals surface area contributed by atoms with Gasteiger partial charge in [-0.25, -0.2) is 9.37 Å². The molecule has 0 spiro atoms. The van der Waals surface area contributed by atoms with Crippen LogP contribution in [0, 0.1) is 5.82 Å². The molecule has 0 aliphatic heterocycles. The first-order valence-corrected chi connectivity index (χ1v) is 4.83. The first-order chi connectivity index (χ1) is 8.06. The van der Waals surface area contributed by atoms with Gasteiger partial charge >= 0.3 is 0 Å². The normalized spacial score (nSPS) is 11.3. The van der Waals surface area contributed by atoms with Crippen molar-refractivity contribution in [2.45, 2.75) is 5.54 Å². The Morgan fingerprint density at radius 2 is 1.88 bits per heavy atom. The maximum atomic E-state index is 12.6. The van der Waals surface area contributed by atoms with E-state index in [1.807, 2.05) is 0 Å². The van der Waals surface area contributed by atoms with Gasteiger partial charge in [0.05, 0.1) is 26.0 Å². The van der Waals surface area contributed by atoms with Crippen molar-refractivity contribution in [2.75, 3.05) is 19.8 Å². The van der Waals surface area contributed by atoms with Crippen molar-refractivity contribution in [1.29, 1.82) is 0 Å². The van der Waals surface area contributed by atoms with E-state index in [9.17, 15) is 9.18 Å². The second-order valence-corrected chi connectivity index (χ2v) is 3.57. The minimum Gasteiger partial charge on any atom is -0.394 e. The largest absolute Gasteiger partial charge is 0.394 e. The predicted molar refractivity (Wildman–Crippen MR) is 55.6 cm³/mol. The van der Waals surface area contributed by atoms with Gasteiger partial charge in [-0.05, 0) is 12.1 Å². The van der Waals surface area contributed by atoms with E-state index < -0.39 is 37.1 Å². The summed E-state index contributed by atoms with van der Waals surface area (Å²) >= 11 is 0. The molecule has 1 amide bonds. The summed E-state index contributed by atoms with van der Waals surface area (Å²) in [6.07, 6.45) is 0.868. The van der Waals surface area contributed by atoms with Crippen LogP contribution in [0.25, 0.3) is 0 Å². The first-order valence-electron chi connectivity index (χ1n) is 4.83. The van der Waals surface area contributed by atoms with Gasteiger partial charge in [0.15, 0.2) is 0 Å². The highest BCUT2D eigenvalue weighted by atomic mass is 19.1. The van der Waals surface area contributed by atoms with Crippen LogP contribution in [0.2, 0.25) is 0 Å². The summed E-state index contributed by atoms with van der Waals surface area (Å²) in [7, 11) is 0. The SMILES string of the molecule is O=C(NC(CO)(CO)CO)c1ccc(F)cn1. The second kappa shape index (κ2) is 5.67.